The van der Waals surface area contributed by atoms with Crippen molar-refractivity contribution < 1.29 is 17.9 Å². The van der Waals surface area contributed by atoms with E-state index in [4.69, 9.17) is 4.74 Å². The van der Waals surface area contributed by atoms with Gasteiger partial charge in [0.2, 0.25) is 0 Å². The molecule has 3 atom stereocenters. The van der Waals surface area contributed by atoms with E-state index < -0.39 is 15.9 Å². The Morgan fingerprint density at radius 2 is 1.88 bits per heavy atom. The Labute approximate surface area is 151 Å². The summed E-state index contributed by atoms with van der Waals surface area (Å²) in [4.78, 5) is 12.5. The zero-order valence-electron chi connectivity index (χ0n) is 15.5. The van der Waals surface area contributed by atoms with Crippen molar-refractivity contribution in [3.05, 3.63) is 24.3 Å². The summed E-state index contributed by atoms with van der Waals surface area (Å²) in [5.41, 5.74) is 0.532. The van der Waals surface area contributed by atoms with Crippen molar-refractivity contribution in [1.82, 2.24) is 0 Å². The van der Waals surface area contributed by atoms with Gasteiger partial charge in [0.25, 0.3) is 0 Å². The standard InChI is InChI=1S/C19H29NO4S/c1-5-25(22,23)16-9-7-15(8-10-16)20-19(21)24-18-12-14(4)6-11-17(18)13(2)3/h7-10,13-14,17-18H,5-6,11-12H2,1-4H3,(H,20,21)/t14-,17+,18+/m0/s1. The van der Waals surface area contributed by atoms with Gasteiger partial charge in [-0.25, -0.2) is 13.2 Å². The van der Waals surface area contributed by atoms with Gasteiger partial charge >= 0.3 is 6.09 Å². The molecule has 0 aliphatic heterocycles. The highest BCUT2D eigenvalue weighted by Crippen LogP contribution is 2.35. The van der Waals surface area contributed by atoms with Crippen LogP contribution in [0.4, 0.5) is 10.5 Å². The first-order chi connectivity index (χ1) is 11.7. The maximum absolute atomic E-state index is 12.2. The second-order valence-corrected chi connectivity index (χ2v) is 9.60. The van der Waals surface area contributed by atoms with Crippen molar-refractivity contribution in [3.8, 4) is 0 Å². The molecule has 1 saturated carbocycles. The van der Waals surface area contributed by atoms with Gasteiger partial charge < -0.3 is 4.74 Å². The first-order valence-corrected chi connectivity index (χ1v) is 10.7. The summed E-state index contributed by atoms with van der Waals surface area (Å²) < 4.78 is 29.3. The van der Waals surface area contributed by atoms with Crippen LogP contribution in [0.15, 0.2) is 29.2 Å². The maximum atomic E-state index is 12.2. The third kappa shape index (κ3) is 5.21. The summed E-state index contributed by atoms with van der Waals surface area (Å²) in [6, 6.07) is 6.20. The average Bonchev–Trinajstić information content (AvgIpc) is 2.55. The Morgan fingerprint density at radius 3 is 2.44 bits per heavy atom. The van der Waals surface area contributed by atoms with Crippen molar-refractivity contribution in [2.75, 3.05) is 11.1 Å². The van der Waals surface area contributed by atoms with Gasteiger partial charge in [-0.15, -0.1) is 0 Å². The van der Waals surface area contributed by atoms with Gasteiger partial charge in [0.15, 0.2) is 9.84 Å². The highest BCUT2D eigenvalue weighted by molar-refractivity contribution is 7.91. The molecule has 0 heterocycles. The number of hydrogen-bond acceptors (Lipinski definition) is 4. The first kappa shape index (κ1) is 19.8. The zero-order chi connectivity index (χ0) is 18.6. The number of carbonyl (C=O) groups excluding carboxylic acids is 1. The monoisotopic (exact) mass is 367 g/mol. The maximum Gasteiger partial charge on any atom is 0.411 e. The lowest BCUT2D eigenvalue weighted by molar-refractivity contribution is 0.0126. The SMILES string of the molecule is CCS(=O)(=O)c1ccc(NC(=O)O[C@@H]2C[C@@H](C)CC[C@@H]2C(C)C)cc1. The highest BCUT2D eigenvalue weighted by atomic mass is 32.2. The van der Waals surface area contributed by atoms with Gasteiger partial charge in [-0.2, -0.15) is 0 Å². The molecule has 0 unspecified atom stereocenters. The number of amides is 1. The van der Waals surface area contributed by atoms with Crippen LogP contribution in [0.5, 0.6) is 0 Å². The predicted molar refractivity (Wildman–Crippen MR) is 99.4 cm³/mol. The number of rotatable bonds is 5. The molecular weight excluding hydrogens is 338 g/mol. The van der Waals surface area contributed by atoms with Crippen LogP contribution < -0.4 is 5.32 Å². The minimum atomic E-state index is -3.23. The van der Waals surface area contributed by atoms with E-state index in [1.165, 1.54) is 18.6 Å². The molecule has 140 valence electrons. The summed E-state index contributed by atoms with van der Waals surface area (Å²) in [6.45, 7) is 8.14. The van der Waals surface area contributed by atoms with Gasteiger partial charge in [0, 0.05) is 5.69 Å². The van der Waals surface area contributed by atoms with E-state index in [0.29, 0.717) is 23.4 Å². The minimum Gasteiger partial charge on any atom is -0.446 e. The van der Waals surface area contributed by atoms with Crippen LogP contribution >= 0.6 is 0 Å². The van der Waals surface area contributed by atoms with E-state index in [9.17, 15) is 13.2 Å². The molecule has 6 heteroatoms. The number of sulfone groups is 1. The van der Waals surface area contributed by atoms with E-state index in [2.05, 4.69) is 26.1 Å². The fourth-order valence-electron chi connectivity index (χ4n) is 3.45. The molecule has 0 spiro atoms. The fourth-order valence-corrected chi connectivity index (χ4v) is 4.33. The second kappa shape index (κ2) is 8.21. The topological polar surface area (TPSA) is 72.5 Å². The van der Waals surface area contributed by atoms with E-state index in [1.54, 1.807) is 19.1 Å². The molecule has 0 saturated heterocycles. The Hall–Kier alpha value is -1.56. The van der Waals surface area contributed by atoms with Crippen molar-refractivity contribution in [2.45, 2.75) is 58.0 Å². The van der Waals surface area contributed by atoms with E-state index in [1.807, 2.05) is 0 Å². The zero-order valence-corrected chi connectivity index (χ0v) is 16.3. The van der Waals surface area contributed by atoms with Gasteiger partial charge in [0.05, 0.1) is 10.6 Å². The Kier molecular flexibility index (Phi) is 6.49. The lowest BCUT2D eigenvalue weighted by atomic mass is 9.75. The molecular formula is C19H29NO4S. The number of anilines is 1. The molecule has 1 amide bonds. The van der Waals surface area contributed by atoms with Gasteiger partial charge in [0.1, 0.15) is 6.10 Å². The van der Waals surface area contributed by atoms with Crippen molar-refractivity contribution in [1.29, 1.82) is 0 Å². The average molecular weight is 368 g/mol. The summed E-state index contributed by atoms with van der Waals surface area (Å²) >= 11 is 0. The van der Waals surface area contributed by atoms with Crippen LogP contribution in [0.2, 0.25) is 0 Å². The highest BCUT2D eigenvalue weighted by Gasteiger charge is 2.33. The predicted octanol–water partition coefficient (Wildman–Crippen LogP) is 4.49. The van der Waals surface area contributed by atoms with E-state index in [0.717, 1.165) is 12.8 Å². The smallest absolute Gasteiger partial charge is 0.411 e. The number of benzene rings is 1. The molecule has 1 aliphatic rings. The molecule has 0 aromatic heterocycles. The molecule has 2 rings (SSSR count). The third-order valence-electron chi connectivity index (χ3n) is 5.06. The lowest BCUT2D eigenvalue weighted by Gasteiger charge is -2.36. The molecule has 1 N–H and O–H groups in total. The number of carbonyl (C=O) groups is 1. The van der Waals surface area contributed by atoms with Crippen molar-refractivity contribution >= 4 is 21.6 Å². The summed E-state index contributed by atoms with van der Waals surface area (Å²) in [6.07, 6.45) is 2.61. The summed E-state index contributed by atoms with van der Waals surface area (Å²) in [5.74, 6) is 1.48. The molecule has 25 heavy (non-hydrogen) atoms. The van der Waals surface area contributed by atoms with Crippen molar-refractivity contribution in [3.63, 3.8) is 0 Å². The van der Waals surface area contributed by atoms with Gasteiger partial charge in [-0.05, 0) is 54.9 Å². The third-order valence-corrected chi connectivity index (χ3v) is 6.81. The second-order valence-electron chi connectivity index (χ2n) is 7.32. The van der Waals surface area contributed by atoms with E-state index in [-0.39, 0.29) is 16.8 Å². The van der Waals surface area contributed by atoms with Crippen LogP contribution in [0, 0.1) is 17.8 Å². The summed E-state index contributed by atoms with van der Waals surface area (Å²) in [7, 11) is -3.23. The number of ether oxygens (including phenoxy) is 1. The Balaban J connectivity index is 1.99. The summed E-state index contributed by atoms with van der Waals surface area (Å²) in [5, 5.41) is 2.70. The van der Waals surface area contributed by atoms with Gasteiger partial charge in [-0.1, -0.05) is 34.1 Å². The van der Waals surface area contributed by atoms with Crippen molar-refractivity contribution in [2.24, 2.45) is 17.8 Å². The molecule has 1 aliphatic carbocycles. The van der Waals surface area contributed by atoms with Crippen LogP contribution in [-0.2, 0) is 14.6 Å². The van der Waals surface area contributed by atoms with Crippen LogP contribution in [0.3, 0.4) is 0 Å². The van der Waals surface area contributed by atoms with Crippen LogP contribution in [0.25, 0.3) is 0 Å². The lowest BCUT2D eigenvalue weighted by Crippen LogP contribution is -2.36. The molecule has 0 bridgehead atoms. The quantitative estimate of drug-likeness (QED) is 0.832. The van der Waals surface area contributed by atoms with E-state index >= 15 is 0 Å². The minimum absolute atomic E-state index is 0.0538. The largest absolute Gasteiger partial charge is 0.446 e. The van der Waals surface area contributed by atoms with Crippen LogP contribution in [0.1, 0.15) is 47.0 Å². The number of nitrogens with one attached hydrogen (secondary N) is 1. The first-order valence-electron chi connectivity index (χ1n) is 9.03. The fraction of sp³-hybridized carbons (Fsp3) is 0.632. The molecule has 1 fully saturated rings. The van der Waals surface area contributed by atoms with Crippen LogP contribution in [-0.4, -0.2) is 26.4 Å². The number of hydrogen-bond donors (Lipinski definition) is 1. The Morgan fingerprint density at radius 1 is 1.24 bits per heavy atom. The molecule has 0 radical (unpaired) electrons. The van der Waals surface area contributed by atoms with Gasteiger partial charge in [-0.3, -0.25) is 5.32 Å². The normalized spacial score (nSPS) is 24.1. The molecule has 1 aromatic carbocycles. The molecule has 5 nitrogen and oxygen atoms in total. The molecule has 1 aromatic rings. The Bertz CT molecular complexity index is 682.